The summed E-state index contributed by atoms with van der Waals surface area (Å²) in [6, 6.07) is 7.98. The van der Waals surface area contributed by atoms with Crippen LogP contribution < -0.4 is 5.32 Å². The minimum atomic E-state index is 0.137. The van der Waals surface area contributed by atoms with Gasteiger partial charge < -0.3 is 5.32 Å². The van der Waals surface area contributed by atoms with Gasteiger partial charge in [0, 0.05) is 11.6 Å². The molecule has 17 heavy (non-hydrogen) atoms. The van der Waals surface area contributed by atoms with Crippen molar-refractivity contribution in [1.29, 1.82) is 0 Å². The number of aryl methyl sites for hydroxylation is 1. The van der Waals surface area contributed by atoms with Crippen LogP contribution in [-0.4, -0.2) is 5.91 Å². The molecule has 0 aliphatic heterocycles. The standard InChI is InChI=1S/C15H21NO/c1-11-6-5-9-14(10-11)16-15(17)12(2)13-7-3-4-8-13/h5-6,9-10,12-13H,3-4,7-8H2,1-2H3,(H,16,17). The van der Waals surface area contributed by atoms with Crippen molar-refractivity contribution in [2.75, 3.05) is 5.32 Å². The lowest BCUT2D eigenvalue weighted by Gasteiger charge is -2.18. The van der Waals surface area contributed by atoms with E-state index in [0.717, 1.165) is 5.69 Å². The van der Waals surface area contributed by atoms with E-state index in [9.17, 15) is 4.79 Å². The Kier molecular flexibility index (Phi) is 3.82. The van der Waals surface area contributed by atoms with Crippen LogP contribution in [0.1, 0.15) is 38.2 Å². The fraction of sp³-hybridized carbons (Fsp3) is 0.533. The summed E-state index contributed by atoms with van der Waals surface area (Å²) in [6.45, 7) is 4.09. The maximum absolute atomic E-state index is 12.1. The van der Waals surface area contributed by atoms with E-state index in [1.165, 1.54) is 31.2 Å². The Labute approximate surface area is 103 Å². The zero-order chi connectivity index (χ0) is 12.3. The summed E-state index contributed by atoms with van der Waals surface area (Å²) in [5, 5.41) is 3.02. The molecule has 1 fully saturated rings. The van der Waals surface area contributed by atoms with Gasteiger partial charge in [0.1, 0.15) is 0 Å². The van der Waals surface area contributed by atoms with Gasteiger partial charge in [-0.25, -0.2) is 0 Å². The molecular formula is C15H21NO. The molecule has 1 N–H and O–H groups in total. The van der Waals surface area contributed by atoms with E-state index in [2.05, 4.69) is 12.2 Å². The van der Waals surface area contributed by atoms with Crippen LogP contribution in [0.25, 0.3) is 0 Å². The first-order chi connectivity index (χ1) is 8.16. The third-order valence-electron chi connectivity index (χ3n) is 3.81. The molecule has 0 aromatic heterocycles. The number of nitrogens with one attached hydrogen (secondary N) is 1. The highest BCUT2D eigenvalue weighted by molar-refractivity contribution is 5.92. The summed E-state index contributed by atoms with van der Waals surface area (Å²) in [5.74, 6) is 0.889. The van der Waals surface area contributed by atoms with E-state index < -0.39 is 0 Å². The van der Waals surface area contributed by atoms with Crippen molar-refractivity contribution < 1.29 is 4.79 Å². The predicted octanol–water partition coefficient (Wildman–Crippen LogP) is 3.76. The summed E-state index contributed by atoms with van der Waals surface area (Å²) >= 11 is 0. The lowest BCUT2D eigenvalue weighted by molar-refractivity contribution is -0.120. The maximum Gasteiger partial charge on any atom is 0.227 e. The van der Waals surface area contributed by atoms with Gasteiger partial charge in [-0.2, -0.15) is 0 Å². The highest BCUT2D eigenvalue weighted by atomic mass is 16.1. The molecule has 92 valence electrons. The normalized spacial score (nSPS) is 18.0. The topological polar surface area (TPSA) is 29.1 Å². The summed E-state index contributed by atoms with van der Waals surface area (Å²) in [4.78, 5) is 12.1. The lowest BCUT2D eigenvalue weighted by atomic mass is 9.92. The molecule has 2 heteroatoms. The van der Waals surface area contributed by atoms with Gasteiger partial charge in [0.25, 0.3) is 0 Å². The molecule has 1 unspecified atom stereocenters. The van der Waals surface area contributed by atoms with E-state index in [4.69, 9.17) is 0 Å². The Morgan fingerprint density at radius 1 is 1.35 bits per heavy atom. The van der Waals surface area contributed by atoms with Crippen LogP contribution in [-0.2, 0) is 4.79 Å². The highest BCUT2D eigenvalue weighted by Crippen LogP contribution is 2.31. The summed E-state index contributed by atoms with van der Waals surface area (Å²) < 4.78 is 0. The smallest absolute Gasteiger partial charge is 0.227 e. The quantitative estimate of drug-likeness (QED) is 0.843. The Balaban J connectivity index is 1.96. The molecule has 1 aliphatic carbocycles. The van der Waals surface area contributed by atoms with Crippen LogP contribution in [0.2, 0.25) is 0 Å². The number of carbonyl (C=O) groups excluding carboxylic acids is 1. The van der Waals surface area contributed by atoms with Crippen LogP contribution in [0.4, 0.5) is 5.69 Å². The summed E-state index contributed by atoms with van der Waals surface area (Å²) in [6.07, 6.45) is 4.99. The van der Waals surface area contributed by atoms with Gasteiger partial charge in [0.2, 0.25) is 5.91 Å². The molecule has 2 rings (SSSR count). The second kappa shape index (κ2) is 5.35. The van der Waals surface area contributed by atoms with E-state index >= 15 is 0 Å². The maximum atomic E-state index is 12.1. The minimum Gasteiger partial charge on any atom is -0.326 e. The average Bonchev–Trinajstić information content (AvgIpc) is 2.81. The second-order valence-corrected chi connectivity index (χ2v) is 5.19. The van der Waals surface area contributed by atoms with Gasteiger partial charge in [-0.15, -0.1) is 0 Å². The predicted molar refractivity (Wildman–Crippen MR) is 70.9 cm³/mol. The van der Waals surface area contributed by atoms with Crippen LogP contribution in [0.3, 0.4) is 0 Å². The minimum absolute atomic E-state index is 0.137. The molecule has 1 aromatic rings. The average molecular weight is 231 g/mol. The SMILES string of the molecule is Cc1cccc(NC(=O)C(C)C2CCCC2)c1. The number of hydrogen-bond donors (Lipinski definition) is 1. The number of carbonyl (C=O) groups is 1. The fourth-order valence-electron chi connectivity index (χ4n) is 2.65. The van der Waals surface area contributed by atoms with Crippen molar-refractivity contribution in [3.63, 3.8) is 0 Å². The molecule has 0 saturated heterocycles. The van der Waals surface area contributed by atoms with E-state index in [1.54, 1.807) is 0 Å². The van der Waals surface area contributed by atoms with E-state index in [-0.39, 0.29) is 11.8 Å². The lowest BCUT2D eigenvalue weighted by Crippen LogP contribution is -2.25. The van der Waals surface area contributed by atoms with Gasteiger partial charge in [0.05, 0.1) is 0 Å². The largest absolute Gasteiger partial charge is 0.326 e. The van der Waals surface area contributed by atoms with E-state index in [1.807, 2.05) is 31.2 Å². The molecule has 0 heterocycles. The van der Waals surface area contributed by atoms with Crippen molar-refractivity contribution in [2.45, 2.75) is 39.5 Å². The summed E-state index contributed by atoms with van der Waals surface area (Å²) in [7, 11) is 0. The molecule has 1 atom stereocenters. The van der Waals surface area contributed by atoms with Crippen LogP contribution in [0, 0.1) is 18.8 Å². The van der Waals surface area contributed by atoms with Crippen molar-refractivity contribution in [3.8, 4) is 0 Å². The number of amides is 1. The monoisotopic (exact) mass is 231 g/mol. The second-order valence-electron chi connectivity index (χ2n) is 5.19. The molecule has 0 bridgehead atoms. The zero-order valence-electron chi connectivity index (χ0n) is 10.7. The Bertz CT molecular complexity index is 394. The third-order valence-corrected chi connectivity index (χ3v) is 3.81. The highest BCUT2D eigenvalue weighted by Gasteiger charge is 2.26. The molecule has 2 nitrogen and oxygen atoms in total. The van der Waals surface area contributed by atoms with Crippen molar-refractivity contribution in [3.05, 3.63) is 29.8 Å². The number of benzene rings is 1. The third kappa shape index (κ3) is 3.09. The molecule has 1 aromatic carbocycles. The number of anilines is 1. The van der Waals surface area contributed by atoms with Crippen LogP contribution in [0.15, 0.2) is 24.3 Å². The number of hydrogen-bond acceptors (Lipinski definition) is 1. The molecule has 1 aliphatic rings. The fourth-order valence-corrected chi connectivity index (χ4v) is 2.65. The van der Waals surface area contributed by atoms with Gasteiger partial charge >= 0.3 is 0 Å². The van der Waals surface area contributed by atoms with Crippen LogP contribution >= 0.6 is 0 Å². The molecule has 0 radical (unpaired) electrons. The molecule has 1 amide bonds. The van der Waals surface area contributed by atoms with Crippen molar-refractivity contribution in [1.82, 2.24) is 0 Å². The first-order valence-electron chi connectivity index (χ1n) is 6.54. The van der Waals surface area contributed by atoms with Gasteiger partial charge in [-0.05, 0) is 43.4 Å². The van der Waals surface area contributed by atoms with Crippen LogP contribution in [0.5, 0.6) is 0 Å². The first-order valence-corrected chi connectivity index (χ1v) is 6.54. The molecule has 0 spiro atoms. The van der Waals surface area contributed by atoms with Gasteiger partial charge in [-0.3, -0.25) is 4.79 Å². The van der Waals surface area contributed by atoms with E-state index in [0.29, 0.717) is 5.92 Å². The molecular weight excluding hydrogens is 210 g/mol. The zero-order valence-corrected chi connectivity index (χ0v) is 10.7. The molecule has 1 saturated carbocycles. The van der Waals surface area contributed by atoms with Gasteiger partial charge in [0.15, 0.2) is 0 Å². The first kappa shape index (κ1) is 12.2. The Hall–Kier alpha value is -1.31. The Morgan fingerprint density at radius 3 is 2.71 bits per heavy atom. The summed E-state index contributed by atoms with van der Waals surface area (Å²) in [5.41, 5.74) is 2.09. The van der Waals surface area contributed by atoms with Crippen molar-refractivity contribution in [2.24, 2.45) is 11.8 Å². The Morgan fingerprint density at radius 2 is 2.06 bits per heavy atom. The number of rotatable bonds is 3. The van der Waals surface area contributed by atoms with Gasteiger partial charge in [-0.1, -0.05) is 31.9 Å². The van der Waals surface area contributed by atoms with Crippen molar-refractivity contribution >= 4 is 11.6 Å².